The SMILES string of the molecule is NC(=O)c1cn(C(O)CCCn2ccc3ccc(OCCCc4ccc(Cl)cc4)cc32)cn1. The molecule has 1 amide bonds. The van der Waals surface area contributed by atoms with Crippen molar-refractivity contribution in [1.29, 1.82) is 0 Å². The van der Waals surface area contributed by atoms with Gasteiger partial charge in [0.15, 0.2) is 0 Å². The van der Waals surface area contributed by atoms with E-state index >= 15 is 0 Å². The van der Waals surface area contributed by atoms with Crippen molar-refractivity contribution < 1.29 is 14.6 Å². The molecule has 0 fully saturated rings. The van der Waals surface area contributed by atoms with Gasteiger partial charge in [0, 0.05) is 30.0 Å². The number of primary amides is 1. The lowest BCUT2D eigenvalue weighted by Gasteiger charge is -2.13. The molecule has 33 heavy (non-hydrogen) atoms. The van der Waals surface area contributed by atoms with Gasteiger partial charge in [-0.25, -0.2) is 4.98 Å². The Kier molecular flexibility index (Phi) is 7.32. The number of nitrogens with zero attached hydrogens (tertiary/aromatic N) is 3. The first-order chi connectivity index (χ1) is 16.0. The van der Waals surface area contributed by atoms with Crippen LogP contribution in [-0.2, 0) is 13.0 Å². The zero-order valence-electron chi connectivity index (χ0n) is 18.2. The van der Waals surface area contributed by atoms with Crippen LogP contribution in [0.4, 0.5) is 0 Å². The van der Waals surface area contributed by atoms with Gasteiger partial charge in [-0.15, -0.1) is 0 Å². The minimum absolute atomic E-state index is 0.145. The Morgan fingerprint density at radius 3 is 2.73 bits per heavy atom. The minimum Gasteiger partial charge on any atom is -0.494 e. The summed E-state index contributed by atoms with van der Waals surface area (Å²) in [4.78, 5) is 15.1. The number of aliphatic hydroxyl groups is 1. The molecule has 0 aliphatic carbocycles. The number of ether oxygens (including phenoxy) is 1. The Bertz CT molecular complexity index is 1220. The zero-order valence-corrected chi connectivity index (χ0v) is 19.0. The van der Waals surface area contributed by atoms with E-state index in [1.807, 2.05) is 36.5 Å². The van der Waals surface area contributed by atoms with Gasteiger partial charge in [0.25, 0.3) is 5.91 Å². The summed E-state index contributed by atoms with van der Waals surface area (Å²) >= 11 is 5.93. The number of amides is 1. The van der Waals surface area contributed by atoms with Crippen molar-refractivity contribution in [2.75, 3.05) is 6.61 Å². The molecule has 2 heterocycles. The third kappa shape index (κ3) is 5.94. The van der Waals surface area contributed by atoms with E-state index in [4.69, 9.17) is 22.1 Å². The van der Waals surface area contributed by atoms with E-state index in [0.29, 0.717) is 13.0 Å². The van der Waals surface area contributed by atoms with Crippen molar-refractivity contribution in [2.24, 2.45) is 5.73 Å². The Balaban J connectivity index is 1.28. The fraction of sp³-hybridized carbons (Fsp3) is 0.280. The topological polar surface area (TPSA) is 95.3 Å². The van der Waals surface area contributed by atoms with Crippen LogP contribution in [0.2, 0.25) is 5.02 Å². The Labute approximate surface area is 197 Å². The molecule has 0 spiro atoms. The molecular formula is C25H27ClN4O3. The summed E-state index contributed by atoms with van der Waals surface area (Å²) in [6.07, 6.45) is 7.31. The quantitative estimate of drug-likeness (QED) is 0.316. The predicted octanol–water partition coefficient (Wildman–Crippen LogP) is 4.57. The maximum atomic E-state index is 11.2. The smallest absolute Gasteiger partial charge is 0.268 e. The van der Waals surface area contributed by atoms with Crippen molar-refractivity contribution >= 4 is 28.4 Å². The summed E-state index contributed by atoms with van der Waals surface area (Å²) in [5.74, 6) is 0.235. The minimum atomic E-state index is -0.757. The van der Waals surface area contributed by atoms with Crippen molar-refractivity contribution in [3.05, 3.63) is 83.5 Å². The zero-order chi connectivity index (χ0) is 23.2. The lowest BCUT2D eigenvalue weighted by Crippen LogP contribution is -2.12. The van der Waals surface area contributed by atoms with E-state index in [1.54, 1.807) is 0 Å². The van der Waals surface area contributed by atoms with Gasteiger partial charge in [-0.1, -0.05) is 23.7 Å². The van der Waals surface area contributed by atoms with Crippen LogP contribution in [0.5, 0.6) is 5.75 Å². The second-order valence-electron chi connectivity index (χ2n) is 8.00. The monoisotopic (exact) mass is 466 g/mol. The van der Waals surface area contributed by atoms with Crippen molar-refractivity contribution in [2.45, 2.75) is 38.5 Å². The molecule has 4 rings (SSSR count). The van der Waals surface area contributed by atoms with Gasteiger partial charge in [-0.3, -0.25) is 4.79 Å². The number of carbonyl (C=O) groups excluding carboxylic acids is 1. The van der Waals surface area contributed by atoms with Crippen LogP contribution in [0.1, 0.15) is 41.5 Å². The van der Waals surface area contributed by atoms with E-state index in [1.165, 1.54) is 22.7 Å². The Hall–Kier alpha value is -3.29. The number of rotatable bonds is 11. The van der Waals surface area contributed by atoms with Crippen LogP contribution >= 0.6 is 11.6 Å². The molecule has 0 saturated carbocycles. The summed E-state index contributed by atoms with van der Waals surface area (Å²) in [6, 6.07) is 16.1. The molecule has 0 radical (unpaired) electrons. The van der Waals surface area contributed by atoms with Gasteiger partial charge < -0.3 is 24.7 Å². The summed E-state index contributed by atoms with van der Waals surface area (Å²) < 4.78 is 9.64. The van der Waals surface area contributed by atoms with Crippen molar-refractivity contribution in [3.63, 3.8) is 0 Å². The molecule has 4 aromatic rings. The highest BCUT2D eigenvalue weighted by molar-refractivity contribution is 6.30. The number of imidazole rings is 1. The number of aliphatic hydroxyl groups excluding tert-OH is 1. The van der Waals surface area contributed by atoms with Crippen LogP contribution in [0, 0.1) is 0 Å². The van der Waals surface area contributed by atoms with Gasteiger partial charge in [0.05, 0.1) is 18.5 Å². The van der Waals surface area contributed by atoms with E-state index in [-0.39, 0.29) is 5.69 Å². The number of hydrogen-bond acceptors (Lipinski definition) is 4. The van der Waals surface area contributed by atoms with Crippen LogP contribution in [0.15, 0.2) is 67.3 Å². The van der Waals surface area contributed by atoms with Gasteiger partial charge in [-0.2, -0.15) is 0 Å². The summed E-state index contributed by atoms with van der Waals surface area (Å²) in [6.45, 7) is 1.39. The fourth-order valence-electron chi connectivity index (χ4n) is 3.79. The predicted molar refractivity (Wildman–Crippen MR) is 128 cm³/mol. The number of aromatic nitrogens is 3. The standard InChI is InChI=1S/C25H27ClN4O3/c26-20-8-5-18(6-9-20)3-2-14-33-21-10-7-19-11-13-29(23(19)15-21)12-1-4-24(31)30-16-22(25(27)32)28-17-30/h5-11,13,15-17,24,31H,1-4,12,14H2,(H2,27,32). The molecule has 172 valence electrons. The third-order valence-electron chi connectivity index (χ3n) is 5.60. The maximum absolute atomic E-state index is 11.2. The number of carbonyl (C=O) groups is 1. The number of nitrogens with two attached hydrogens (primary N) is 1. The fourth-order valence-corrected chi connectivity index (χ4v) is 3.91. The molecule has 0 aliphatic rings. The van der Waals surface area contributed by atoms with Gasteiger partial charge in [-0.05, 0) is 67.0 Å². The first kappa shape index (κ1) is 22.9. The van der Waals surface area contributed by atoms with Gasteiger partial charge >= 0.3 is 0 Å². The highest BCUT2D eigenvalue weighted by atomic mass is 35.5. The molecule has 2 aromatic carbocycles. The molecule has 7 nitrogen and oxygen atoms in total. The van der Waals surface area contributed by atoms with Crippen LogP contribution < -0.4 is 10.5 Å². The summed E-state index contributed by atoms with van der Waals surface area (Å²) in [5, 5.41) is 12.2. The molecular weight excluding hydrogens is 440 g/mol. The second-order valence-corrected chi connectivity index (χ2v) is 8.44. The molecule has 0 saturated heterocycles. The van der Waals surface area contributed by atoms with E-state index < -0.39 is 12.1 Å². The average molecular weight is 467 g/mol. The normalized spacial score (nSPS) is 12.2. The van der Waals surface area contributed by atoms with Gasteiger partial charge in [0.1, 0.15) is 17.7 Å². The van der Waals surface area contributed by atoms with Crippen molar-refractivity contribution in [1.82, 2.24) is 14.1 Å². The molecule has 0 bridgehead atoms. The first-order valence-corrected chi connectivity index (χ1v) is 11.3. The molecule has 3 N–H and O–H groups in total. The van der Waals surface area contributed by atoms with E-state index in [0.717, 1.165) is 47.5 Å². The Morgan fingerprint density at radius 1 is 1.15 bits per heavy atom. The summed E-state index contributed by atoms with van der Waals surface area (Å²) in [7, 11) is 0. The number of benzene rings is 2. The first-order valence-electron chi connectivity index (χ1n) is 11.0. The molecule has 8 heteroatoms. The number of aryl methyl sites for hydroxylation is 2. The average Bonchev–Trinajstić information content (AvgIpc) is 3.46. The number of halogens is 1. The molecule has 1 unspecified atom stereocenters. The Morgan fingerprint density at radius 2 is 1.97 bits per heavy atom. The lowest BCUT2D eigenvalue weighted by atomic mass is 10.1. The van der Waals surface area contributed by atoms with Crippen LogP contribution in [-0.4, -0.2) is 31.7 Å². The third-order valence-corrected chi connectivity index (χ3v) is 5.85. The van der Waals surface area contributed by atoms with E-state index in [9.17, 15) is 9.90 Å². The second kappa shape index (κ2) is 10.6. The van der Waals surface area contributed by atoms with Crippen LogP contribution in [0.25, 0.3) is 10.9 Å². The lowest BCUT2D eigenvalue weighted by molar-refractivity contribution is 0.0905. The van der Waals surface area contributed by atoms with Crippen molar-refractivity contribution in [3.8, 4) is 5.75 Å². The van der Waals surface area contributed by atoms with Gasteiger partial charge in [0.2, 0.25) is 0 Å². The number of hydrogen-bond donors (Lipinski definition) is 2. The van der Waals surface area contributed by atoms with E-state index in [2.05, 4.69) is 27.8 Å². The molecule has 1 atom stereocenters. The molecule has 2 aromatic heterocycles. The highest BCUT2D eigenvalue weighted by Gasteiger charge is 2.11. The molecule has 0 aliphatic heterocycles. The maximum Gasteiger partial charge on any atom is 0.268 e. The number of fused-ring (bicyclic) bond motifs is 1. The highest BCUT2D eigenvalue weighted by Crippen LogP contribution is 2.23. The summed E-state index contributed by atoms with van der Waals surface area (Å²) in [5.41, 5.74) is 7.70. The van der Waals surface area contributed by atoms with Crippen LogP contribution in [0.3, 0.4) is 0 Å². The largest absolute Gasteiger partial charge is 0.494 e.